The van der Waals surface area contributed by atoms with E-state index in [0.29, 0.717) is 13.0 Å². The number of nitrogens with two attached hydrogens (primary N) is 1. The third-order valence-corrected chi connectivity index (χ3v) is 4.67. The lowest BCUT2D eigenvalue weighted by atomic mass is 10.0. The van der Waals surface area contributed by atoms with Crippen molar-refractivity contribution >= 4 is 17.2 Å². The van der Waals surface area contributed by atoms with Crippen LogP contribution in [0, 0.1) is 6.92 Å². The van der Waals surface area contributed by atoms with Gasteiger partial charge in [0, 0.05) is 28.3 Å². The highest BCUT2D eigenvalue weighted by Crippen LogP contribution is 2.21. The lowest BCUT2D eigenvalue weighted by molar-refractivity contribution is -0.133. The summed E-state index contributed by atoms with van der Waals surface area (Å²) in [6.07, 6.45) is 0.340. The topological polar surface area (TPSA) is 46.3 Å². The molecule has 0 radical (unpaired) electrons. The van der Waals surface area contributed by atoms with Crippen molar-refractivity contribution in [2.75, 3.05) is 0 Å². The smallest absolute Gasteiger partial charge is 0.225 e. The Balaban J connectivity index is 2.03. The van der Waals surface area contributed by atoms with Gasteiger partial charge in [0.15, 0.2) is 0 Å². The number of hydrogen-bond acceptors (Lipinski definition) is 3. The highest BCUT2D eigenvalue weighted by Gasteiger charge is 2.21. The molecule has 4 heteroatoms. The zero-order valence-electron chi connectivity index (χ0n) is 13.5. The van der Waals surface area contributed by atoms with E-state index in [4.69, 9.17) is 5.73 Å². The third-order valence-electron chi connectivity index (χ3n) is 3.69. The van der Waals surface area contributed by atoms with E-state index in [1.165, 1.54) is 9.75 Å². The summed E-state index contributed by atoms with van der Waals surface area (Å²) < 4.78 is 0. The van der Waals surface area contributed by atoms with Crippen LogP contribution in [-0.2, 0) is 11.3 Å². The fourth-order valence-electron chi connectivity index (χ4n) is 2.42. The maximum Gasteiger partial charge on any atom is 0.225 e. The molecule has 2 aromatic rings. The molecule has 3 nitrogen and oxygen atoms in total. The Morgan fingerprint density at radius 1 is 1.18 bits per heavy atom. The summed E-state index contributed by atoms with van der Waals surface area (Å²) in [6, 6.07) is 13.9. The lowest BCUT2D eigenvalue weighted by Gasteiger charge is -2.27. The van der Waals surface area contributed by atoms with E-state index in [0.717, 1.165) is 5.56 Å². The van der Waals surface area contributed by atoms with Gasteiger partial charge in [0.05, 0.1) is 6.54 Å². The van der Waals surface area contributed by atoms with Gasteiger partial charge >= 0.3 is 0 Å². The summed E-state index contributed by atoms with van der Waals surface area (Å²) in [4.78, 5) is 17.0. The second-order valence-corrected chi connectivity index (χ2v) is 7.22. The molecule has 0 bridgehead atoms. The van der Waals surface area contributed by atoms with E-state index in [-0.39, 0.29) is 18.0 Å². The van der Waals surface area contributed by atoms with Gasteiger partial charge in [-0.3, -0.25) is 4.79 Å². The van der Waals surface area contributed by atoms with Crippen LogP contribution < -0.4 is 5.73 Å². The van der Waals surface area contributed by atoms with Crippen molar-refractivity contribution in [1.82, 2.24) is 4.90 Å². The van der Waals surface area contributed by atoms with E-state index in [1.807, 2.05) is 49.1 Å². The molecule has 0 aliphatic rings. The number of carbonyl (C=O) groups is 1. The number of thiophene rings is 1. The SMILES string of the molecule is Cc1ccc(CN(C(=O)CC(N)c2ccccc2)C(C)C)s1. The van der Waals surface area contributed by atoms with Crippen LogP contribution in [0.5, 0.6) is 0 Å². The van der Waals surface area contributed by atoms with E-state index < -0.39 is 0 Å². The number of carbonyl (C=O) groups excluding carboxylic acids is 1. The molecular weight excluding hydrogens is 292 g/mol. The lowest BCUT2D eigenvalue weighted by Crippen LogP contribution is -2.37. The molecule has 0 saturated heterocycles. The molecule has 1 unspecified atom stereocenters. The molecule has 1 amide bonds. The molecule has 22 heavy (non-hydrogen) atoms. The minimum atomic E-state index is -0.250. The molecule has 118 valence electrons. The monoisotopic (exact) mass is 316 g/mol. The Kier molecular flexibility index (Phi) is 5.75. The number of nitrogens with zero attached hydrogens (tertiary/aromatic N) is 1. The summed E-state index contributed by atoms with van der Waals surface area (Å²) >= 11 is 1.74. The van der Waals surface area contributed by atoms with E-state index in [2.05, 4.69) is 19.1 Å². The summed E-state index contributed by atoms with van der Waals surface area (Å²) in [6.45, 7) is 6.84. The predicted octanol–water partition coefficient (Wildman–Crippen LogP) is 3.88. The fourth-order valence-corrected chi connectivity index (χ4v) is 3.31. The molecule has 1 aromatic heterocycles. The molecule has 1 atom stereocenters. The van der Waals surface area contributed by atoms with Gasteiger partial charge in [-0.05, 0) is 38.5 Å². The van der Waals surface area contributed by atoms with Crippen LogP contribution in [0.2, 0.25) is 0 Å². The predicted molar refractivity (Wildman–Crippen MR) is 92.7 cm³/mol. The number of aryl methyl sites for hydroxylation is 1. The van der Waals surface area contributed by atoms with Gasteiger partial charge in [0.1, 0.15) is 0 Å². The first-order valence-electron chi connectivity index (χ1n) is 7.62. The van der Waals surface area contributed by atoms with Crippen LogP contribution in [0.4, 0.5) is 0 Å². The molecule has 0 fully saturated rings. The first kappa shape index (κ1) is 16.7. The van der Waals surface area contributed by atoms with Crippen LogP contribution in [0.15, 0.2) is 42.5 Å². The largest absolute Gasteiger partial charge is 0.335 e. The standard InChI is InChI=1S/C18H24N2OS/c1-13(2)20(12-16-10-9-14(3)22-16)18(21)11-17(19)15-7-5-4-6-8-15/h4-10,13,17H,11-12,19H2,1-3H3. The summed E-state index contributed by atoms with van der Waals surface area (Å²) in [5.41, 5.74) is 7.19. The number of rotatable bonds is 6. The number of benzene rings is 1. The van der Waals surface area contributed by atoms with Crippen LogP contribution in [-0.4, -0.2) is 16.8 Å². The van der Waals surface area contributed by atoms with Crippen molar-refractivity contribution in [3.63, 3.8) is 0 Å². The van der Waals surface area contributed by atoms with Gasteiger partial charge in [-0.1, -0.05) is 30.3 Å². The fraction of sp³-hybridized carbons (Fsp3) is 0.389. The van der Waals surface area contributed by atoms with Gasteiger partial charge in [-0.2, -0.15) is 0 Å². The maximum absolute atomic E-state index is 12.6. The summed E-state index contributed by atoms with van der Waals surface area (Å²) in [5, 5.41) is 0. The number of hydrogen-bond donors (Lipinski definition) is 1. The highest BCUT2D eigenvalue weighted by atomic mass is 32.1. The number of amides is 1. The Labute approximate surface area is 136 Å². The van der Waals surface area contributed by atoms with Crippen LogP contribution in [0.3, 0.4) is 0 Å². The minimum absolute atomic E-state index is 0.109. The van der Waals surface area contributed by atoms with Crippen molar-refractivity contribution in [3.05, 3.63) is 57.8 Å². The van der Waals surface area contributed by atoms with Crippen LogP contribution in [0.1, 0.15) is 41.6 Å². The molecule has 0 saturated carbocycles. The molecule has 0 aliphatic heterocycles. The van der Waals surface area contributed by atoms with Crippen molar-refractivity contribution in [2.45, 2.75) is 45.8 Å². The van der Waals surface area contributed by atoms with Gasteiger partial charge in [-0.25, -0.2) is 0 Å². The van der Waals surface area contributed by atoms with Crippen LogP contribution >= 0.6 is 11.3 Å². The average Bonchev–Trinajstić information content (AvgIpc) is 2.90. The Bertz CT molecular complexity index is 607. The third kappa shape index (κ3) is 4.42. The zero-order valence-corrected chi connectivity index (χ0v) is 14.3. The molecule has 1 heterocycles. The quantitative estimate of drug-likeness (QED) is 0.879. The minimum Gasteiger partial charge on any atom is -0.335 e. The van der Waals surface area contributed by atoms with E-state index in [9.17, 15) is 4.79 Å². The Morgan fingerprint density at radius 2 is 1.86 bits per heavy atom. The molecule has 2 rings (SSSR count). The normalized spacial score (nSPS) is 12.4. The molecule has 0 aliphatic carbocycles. The van der Waals surface area contributed by atoms with E-state index >= 15 is 0 Å². The average molecular weight is 316 g/mol. The van der Waals surface area contributed by atoms with Crippen LogP contribution in [0.25, 0.3) is 0 Å². The van der Waals surface area contributed by atoms with Crippen molar-refractivity contribution in [3.8, 4) is 0 Å². The maximum atomic E-state index is 12.6. The first-order valence-corrected chi connectivity index (χ1v) is 8.44. The van der Waals surface area contributed by atoms with Gasteiger partial charge in [-0.15, -0.1) is 11.3 Å². The Hall–Kier alpha value is -1.65. The second-order valence-electron chi connectivity index (χ2n) is 5.85. The highest BCUT2D eigenvalue weighted by molar-refractivity contribution is 7.11. The van der Waals surface area contributed by atoms with Crippen molar-refractivity contribution < 1.29 is 4.79 Å². The summed E-state index contributed by atoms with van der Waals surface area (Å²) in [7, 11) is 0. The molecular formula is C18H24N2OS. The summed E-state index contributed by atoms with van der Waals surface area (Å²) in [5.74, 6) is 0.109. The van der Waals surface area contributed by atoms with E-state index in [1.54, 1.807) is 11.3 Å². The van der Waals surface area contributed by atoms with Gasteiger partial charge in [0.25, 0.3) is 0 Å². The molecule has 1 aromatic carbocycles. The Morgan fingerprint density at radius 3 is 2.41 bits per heavy atom. The van der Waals surface area contributed by atoms with Crippen molar-refractivity contribution in [2.24, 2.45) is 5.73 Å². The molecule has 2 N–H and O–H groups in total. The van der Waals surface area contributed by atoms with Crippen molar-refractivity contribution in [1.29, 1.82) is 0 Å². The first-order chi connectivity index (χ1) is 10.5. The van der Waals surface area contributed by atoms with Gasteiger partial charge in [0.2, 0.25) is 5.91 Å². The zero-order chi connectivity index (χ0) is 16.1. The molecule has 0 spiro atoms. The van der Waals surface area contributed by atoms with Gasteiger partial charge < -0.3 is 10.6 Å². The second kappa shape index (κ2) is 7.56.